The third-order valence-corrected chi connectivity index (χ3v) is 6.21. The van der Waals surface area contributed by atoms with Crippen molar-refractivity contribution in [1.29, 1.82) is 0 Å². The van der Waals surface area contributed by atoms with Gasteiger partial charge >= 0.3 is 0 Å². The Labute approximate surface area is 134 Å². The van der Waals surface area contributed by atoms with Crippen LogP contribution >= 0.6 is 0 Å². The summed E-state index contributed by atoms with van der Waals surface area (Å²) in [4.78, 5) is 15.0. The van der Waals surface area contributed by atoms with Gasteiger partial charge in [0.05, 0.1) is 5.41 Å². The lowest BCUT2D eigenvalue weighted by atomic mass is 9.53. The number of hydrogen-bond acceptors (Lipinski definition) is 5. The summed E-state index contributed by atoms with van der Waals surface area (Å²) in [6.07, 6.45) is 5.21. The van der Waals surface area contributed by atoms with Gasteiger partial charge in [0.1, 0.15) is 0 Å². The highest BCUT2D eigenvalue weighted by Crippen LogP contribution is 2.61. The molecule has 1 fully saturated rings. The summed E-state index contributed by atoms with van der Waals surface area (Å²) in [6.45, 7) is 0.569. The van der Waals surface area contributed by atoms with E-state index in [1.807, 2.05) is 6.07 Å². The maximum atomic E-state index is 12.6. The molecule has 2 aliphatic heterocycles. The monoisotopic (exact) mass is 313 g/mol. The van der Waals surface area contributed by atoms with Crippen molar-refractivity contribution < 1.29 is 19.4 Å². The second-order valence-electron chi connectivity index (χ2n) is 7.03. The molecule has 0 amide bonds. The fraction of sp³-hybridized carbons (Fsp3) is 0.500. The number of aliphatic hydroxyl groups is 1. The zero-order valence-corrected chi connectivity index (χ0v) is 13.0. The molecule has 2 aliphatic carbocycles. The molecule has 23 heavy (non-hydrogen) atoms. The Morgan fingerprint density at radius 1 is 1.48 bits per heavy atom. The van der Waals surface area contributed by atoms with Crippen LogP contribution in [0.1, 0.15) is 17.5 Å². The number of rotatable bonds is 2. The van der Waals surface area contributed by atoms with E-state index in [2.05, 4.69) is 24.1 Å². The first kappa shape index (κ1) is 13.6. The fourth-order valence-electron chi connectivity index (χ4n) is 5.25. The van der Waals surface area contributed by atoms with Gasteiger partial charge in [-0.05, 0) is 44.1 Å². The average molecular weight is 313 g/mol. The SMILES string of the molecule is CN1CC[C@]23c4c5ccc(OCO)c4O[C@H]2C(=O)C=C[C@H]3[C@H]1C5. The quantitative estimate of drug-likeness (QED) is 0.827. The van der Waals surface area contributed by atoms with Crippen molar-refractivity contribution in [1.82, 2.24) is 4.90 Å². The highest BCUT2D eigenvalue weighted by molar-refractivity contribution is 5.98. The minimum Gasteiger partial charge on any atom is -0.477 e. The van der Waals surface area contributed by atoms with Gasteiger partial charge in [-0.1, -0.05) is 12.1 Å². The Morgan fingerprint density at radius 2 is 2.35 bits per heavy atom. The highest BCUT2D eigenvalue weighted by Gasteiger charge is 2.64. The molecular weight excluding hydrogens is 294 g/mol. The lowest BCUT2D eigenvalue weighted by Crippen LogP contribution is -2.64. The molecule has 1 aromatic rings. The first-order chi connectivity index (χ1) is 11.2. The number of benzene rings is 1. The van der Waals surface area contributed by atoms with Crippen LogP contribution in [0.3, 0.4) is 0 Å². The van der Waals surface area contributed by atoms with Crippen LogP contribution in [0.15, 0.2) is 24.3 Å². The lowest BCUT2D eigenvalue weighted by Gasteiger charge is -2.55. The maximum Gasteiger partial charge on any atom is 0.196 e. The van der Waals surface area contributed by atoms with Gasteiger partial charge in [0.2, 0.25) is 0 Å². The Morgan fingerprint density at radius 3 is 3.17 bits per heavy atom. The fourth-order valence-corrected chi connectivity index (χ4v) is 5.25. The van der Waals surface area contributed by atoms with Gasteiger partial charge in [0, 0.05) is 17.5 Å². The van der Waals surface area contributed by atoms with E-state index in [0.29, 0.717) is 23.5 Å². The van der Waals surface area contributed by atoms with Crippen LogP contribution in [0, 0.1) is 5.92 Å². The van der Waals surface area contributed by atoms with Gasteiger partial charge in [-0.3, -0.25) is 4.79 Å². The summed E-state index contributed by atoms with van der Waals surface area (Å²) in [5, 5.41) is 9.14. The van der Waals surface area contributed by atoms with Gasteiger partial charge in [0.25, 0.3) is 0 Å². The molecule has 0 radical (unpaired) electrons. The van der Waals surface area contributed by atoms with Crippen LogP contribution in [0.5, 0.6) is 11.5 Å². The Hall–Kier alpha value is -1.85. The molecule has 1 saturated heterocycles. The van der Waals surface area contributed by atoms with Crippen LogP contribution in [0.25, 0.3) is 0 Å². The Kier molecular flexibility index (Phi) is 2.58. The number of carbonyl (C=O) groups excluding carboxylic acids is 1. The minimum atomic E-state index is -0.453. The van der Waals surface area contributed by atoms with E-state index in [1.54, 1.807) is 6.08 Å². The van der Waals surface area contributed by atoms with Crippen LogP contribution < -0.4 is 9.47 Å². The number of ketones is 1. The lowest BCUT2D eigenvalue weighted by molar-refractivity contribution is -0.127. The summed E-state index contributed by atoms with van der Waals surface area (Å²) in [7, 11) is 2.17. The van der Waals surface area contributed by atoms with Crippen molar-refractivity contribution in [2.45, 2.75) is 30.4 Å². The minimum absolute atomic E-state index is 0.0450. The molecule has 0 unspecified atom stereocenters. The smallest absolute Gasteiger partial charge is 0.196 e. The van der Waals surface area contributed by atoms with Crippen molar-refractivity contribution in [2.75, 3.05) is 20.4 Å². The number of piperidine rings is 1. The van der Waals surface area contributed by atoms with Gasteiger partial charge in [0.15, 0.2) is 30.2 Å². The van der Waals surface area contributed by atoms with E-state index in [1.165, 1.54) is 5.56 Å². The average Bonchev–Trinajstić information content (AvgIpc) is 2.90. The van der Waals surface area contributed by atoms with Gasteiger partial charge < -0.3 is 19.5 Å². The number of hydrogen-bond donors (Lipinski definition) is 1. The van der Waals surface area contributed by atoms with Crippen LogP contribution in [-0.2, 0) is 16.6 Å². The second kappa shape index (κ2) is 4.36. The summed E-state index contributed by atoms with van der Waals surface area (Å²) in [6, 6.07) is 4.33. The van der Waals surface area contributed by atoms with E-state index in [-0.39, 0.29) is 11.2 Å². The second-order valence-corrected chi connectivity index (χ2v) is 7.03. The van der Waals surface area contributed by atoms with Crippen molar-refractivity contribution >= 4 is 5.78 Å². The predicted molar refractivity (Wildman–Crippen MR) is 82.6 cm³/mol. The van der Waals surface area contributed by atoms with Crippen molar-refractivity contribution in [2.24, 2.45) is 5.92 Å². The number of aliphatic hydroxyl groups excluding tert-OH is 1. The van der Waals surface area contributed by atoms with Crippen LogP contribution in [0.2, 0.25) is 0 Å². The Bertz CT molecular complexity index is 743. The Balaban J connectivity index is 1.79. The molecule has 5 nitrogen and oxygen atoms in total. The molecule has 2 heterocycles. The topological polar surface area (TPSA) is 59.0 Å². The zero-order valence-electron chi connectivity index (χ0n) is 13.0. The molecule has 4 aliphatic rings. The van der Waals surface area contributed by atoms with Crippen molar-refractivity contribution in [3.8, 4) is 11.5 Å². The van der Waals surface area contributed by atoms with E-state index in [9.17, 15) is 4.79 Å². The first-order valence-corrected chi connectivity index (χ1v) is 8.16. The standard InChI is InChI=1S/C18H19NO4/c1-19-7-6-18-11-3-4-13(21)17(18)23-16-14(22-9-20)5-2-10(15(16)18)8-12(11)19/h2-5,11-12,17,20H,6-9H2,1H3/t11-,12+,17-,18-/m0/s1. The number of carbonyl (C=O) groups is 1. The third kappa shape index (κ3) is 1.47. The van der Waals surface area contributed by atoms with Crippen LogP contribution in [0.4, 0.5) is 0 Å². The predicted octanol–water partition coefficient (Wildman–Crippen LogP) is 1.03. The van der Waals surface area contributed by atoms with Crippen LogP contribution in [-0.4, -0.2) is 48.3 Å². The summed E-state index contributed by atoms with van der Waals surface area (Å²) in [5.74, 6) is 1.55. The molecule has 1 aromatic carbocycles. The van der Waals surface area contributed by atoms with E-state index >= 15 is 0 Å². The third-order valence-electron chi connectivity index (χ3n) is 6.21. The summed E-state index contributed by atoms with van der Waals surface area (Å²) >= 11 is 0. The molecule has 4 atom stereocenters. The highest BCUT2D eigenvalue weighted by atomic mass is 16.6. The number of likely N-dealkylation sites (N-methyl/N-ethyl adjacent to an activating group) is 1. The maximum absolute atomic E-state index is 12.6. The van der Waals surface area contributed by atoms with E-state index in [0.717, 1.165) is 24.9 Å². The zero-order chi connectivity index (χ0) is 15.8. The molecule has 5 rings (SSSR count). The number of likely N-dealkylation sites (tertiary alicyclic amines) is 1. The van der Waals surface area contributed by atoms with Crippen molar-refractivity contribution in [3.63, 3.8) is 0 Å². The van der Waals surface area contributed by atoms with E-state index < -0.39 is 12.9 Å². The molecule has 2 bridgehead atoms. The molecule has 0 aromatic heterocycles. The molecule has 120 valence electrons. The molecule has 1 N–H and O–H groups in total. The number of nitrogens with zero attached hydrogens (tertiary/aromatic N) is 1. The molecule has 1 spiro atoms. The van der Waals surface area contributed by atoms with Gasteiger partial charge in [-0.25, -0.2) is 0 Å². The largest absolute Gasteiger partial charge is 0.477 e. The number of ether oxygens (including phenoxy) is 2. The molecular formula is C18H19NO4. The van der Waals surface area contributed by atoms with Gasteiger partial charge in [-0.15, -0.1) is 0 Å². The van der Waals surface area contributed by atoms with Crippen molar-refractivity contribution in [3.05, 3.63) is 35.4 Å². The normalized spacial score (nSPS) is 36.6. The molecule has 0 saturated carbocycles. The van der Waals surface area contributed by atoms with E-state index in [4.69, 9.17) is 14.6 Å². The summed E-state index contributed by atoms with van der Waals surface area (Å²) in [5.41, 5.74) is 2.14. The first-order valence-electron chi connectivity index (χ1n) is 8.16. The summed E-state index contributed by atoms with van der Waals surface area (Å²) < 4.78 is 11.5. The molecule has 5 heteroatoms. The van der Waals surface area contributed by atoms with Gasteiger partial charge in [-0.2, -0.15) is 0 Å².